The summed E-state index contributed by atoms with van der Waals surface area (Å²) in [5, 5.41) is 4.28. The first-order valence-electron chi connectivity index (χ1n) is 12.2. The number of nitrogens with two attached hydrogens (primary N) is 2. The number of hydrogen-bond donors (Lipinski definition) is 3. The molecule has 1 aliphatic rings. The second-order valence-corrected chi connectivity index (χ2v) is 7.98. The second-order valence-electron chi connectivity index (χ2n) is 7.98. The van der Waals surface area contributed by atoms with Crippen LogP contribution < -0.4 is 21.8 Å². The highest BCUT2D eigenvalue weighted by molar-refractivity contribution is 6.01. The van der Waals surface area contributed by atoms with Crippen molar-refractivity contribution in [3.63, 3.8) is 0 Å². The van der Waals surface area contributed by atoms with Gasteiger partial charge in [-0.15, -0.1) is 0 Å². The molecule has 3 rings (SSSR count). The molecule has 0 aliphatic carbocycles. The first kappa shape index (κ1) is 28.8. The summed E-state index contributed by atoms with van der Waals surface area (Å²) in [4.78, 5) is 27.3. The minimum atomic E-state index is -0.198. The average molecular weight is 498 g/mol. The van der Waals surface area contributed by atoms with E-state index >= 15 is 0 Å². The Balaban J connectivity index is 0.00000222. The van der Waals surface area contributed by atoms with Gasteiger partial charge in [-0.25, -0.2) is 5.84 Å². The maximum atomic E-state index is 13.3. The Labute approximate surface area is 214 Å². The molecule has 0 unspecified atom stereocenters. The Bertz CT molecular complexity index is 1040. The zero-order chi connectivity index (χ0) is 26.5. The number of nitrogens with zero attached hydrogens (tertiary/aromatic N) is 2. The van der Waals surface area contributed by atoms with E-state index in [4.69, 9.17) is 21.1 Å². The molecule has 36 heavy (non-hydrogen) atoms. The molecule has 0 spiro atoms. The zero-order valence-electron chi connectivity index (χ0n) is 21.8. The Morgan fingerprint density at radius 2 is 1.67 bits per heavy atom. The number of hydrogen-bond acceptors (Lipinski definition) is 7. The normalized spacial score (nSPS) is 14.4. The van der Waals surface area contributed by atoms with Crippen LogP contribution in [-0.2, 0) is 25.6 Å². The third-order valence-electron chi connectivity index (χ3n) is 5.56. The van der Waals surface area contributed by atoms with Gasteiger partial charge in [0.1, 0.15) is 0 Å². The number of para-hydroxylation sites is 1. The fourth-order valence-electron chi connectivity index (χ4n) is 3.91. The quantitative estimate of drug-likeness (QED) is 0.262. The number of rotatable bonds is 10. The summed E-state index contributed by atoms with van der Waals surface area (Å²) in [5.74, 6) is 5.80. The van der Waals surface area contributed by atoms with Crippen molar-refractivity contribution in [1.82, 2.24) is 10.3 Å². The van der Waals surface area contributed by atoms with Crippen LogP contribution in [0.25, 0.3) is 11.4 Å². The van der Waals surface area contributed by atoms with Gasteiger partial charge in [0.2, 0.25) is 11.8 Å². The highest BCUT2D eigenvalue weighted by Gasteiger charge is 2.27. The molecule has 9 nitrogen and oxygen atoms in total. The van der Waals surface area contributed by atoms with Crippen molar-refractivity contribution < 1.29 is 19.1 Å². The summed E-state index contributed by atoms with van der Waals surface area (Å²) >= 11 is 0. The van der Waals surface area contributed by atoms with Crippen LogP contribution in [0.3, 0.4) is 0 Å². The van der Waals surface area contributed by atoms with Gasteiger partial charge in [0.05, 0.1) is 43.4 Å². The third kappa shape index (κ3) is 7.55. The van der Waals surface area contributed by atoms with E-state index in [0.29, 0.717) is 50.0 Å². The van der Waals surface area contributed by atoms with Crippen molar-refractivity contribution >= 4 is 28.9 Å². The first-order chi connectivity index (χ1) is 17.4. The molecule has 0 atom stereocenters. The van der Waals surface area contributed by atoms with Crippen LogP contribution in [0.15, 0.2) is 48.5 Å². The topological polar surface area (TPSA) is 123 Å². The highest BCUT2D eigenvalue weighted by Crippen LogP contribution is 2.36. The molecule has 196 valence electrons. The molecule has 0 radical (unpaired) electrons. The van der Waals surface area contributed by atoms with E-state index in [9.17, 15) is 9.59 Å². The lowest BCUT2D eigenvalue weighted by Crippen LogP contribution is -2.36. The molecule has 2 aromatic carbocycles. The number of methoxy groups -OCH3 is 1. The zero-order valence-corrected chi connectivity index (χ0v) is 21.8. The molecule has 2 aromatic rings. The lowest BCUT2D eigenvalue weighted by molar-refractivity contribution is -0.125. The van der Waals surface area contributed by atoms with Gasteiger partial charge < -0.3 is 30.4 Å². The number of amides is 2. The van der Waals surface area contributed by atoms with Crippen LogP contribution in [0.4, 0.5) is 5.69 Å². The van der Waals surface area contributed by atoms with E-state index in [1.165, 1.54) is 5.01 Å². The minimum absolute atomic E-state index is 0.0696. The number of nitrogens with one attached hydrogen (secondary N) is 1. The molecule has 0 bridgehead atoms. The van der Waals surface area contributed by atoms with Crippen molar-refractivity contribution in [3.8, 4) is 0 Å². The molecule has 0 aromatic heterocycles. The van der Waals surface area contributed by atoms with Crippen molar-refractivity contribution in [2.24, 2.45) is 11.6 Å². The molecule has 2 amide bonds. The van der Waals surface area contributed by atoms with Crippen LogP contribution in [0, 0.1) is 0 Å². The number of carbonyl (C=O) groups excluding carboxylic acids is 2. The van der Waals surface area contributed by atoms with E-state index in [1.54, 1.807) is 19.1 Å². The molecule has 1 heterocycles. The van der Waals surface area contributed by atoms with Crippen LogP contribution in [0.5, 0.6) is 0 Å². The average Bonchev–Trinajstić information content (AvgIpc) is 2.89. The van der Waals surface area contributed by atoms with Crippen LogP contribution in [0.2, 0.25) is 0 Å². The predicted molar refractivity (Wildman–Crippen MR) is 143 cm³/mol. The standard InChI is InChI=1S/C25H33N5O4.C2H6/c1-29(27)25-19-8-4-3-7-18(19)17-30(21-10-6-5-9-20(21)24(25)26)23(32)12-11-22(31)28-13-14-34-16-15-33-2;1-2/h3-10H,11-17,26-27H2,1-2H3,(H,28,31);1-2H3/b25-24-;. The number of benzene rings is 2. The smallest absolute Gasteiger partial charge is 0.227 e. The predicted octanol–water partition coefficient (Wildman–Crippen LogP) is 2.71. The summed E-state index contributed by atoms with van der Waals surface area (Å²) in [5.41, 5.74) is 11.0. The molecule has 0 saturated heterocycles. The molecule has 0 saturated carbocycles. The summed E-state index contributed by atoms with van der Waals surface area (Å²) in [6, 6.07) is 15.2. The van der Waals surface area contributed by atoms with Gasteiger partial charge in [0, 0.05) is 44.7 Å². The number of hydrazine groups is 1. The van der Waals surface area contributed by atoms with Gasteiger partial charge in [-0.3, -0.25) is 9.59 Å². The van der Waals surface area contributed by atoms with Gasteiger partial charge in [0.25, 0.3) is 0 Å². The second kappa shape index (κ2) is 14.9. The minimum Gasteiger partial charge on any atom is -0.396 e. The maximum absolute atomic E-state index is 13.3. The molecule has 5 N–H and O–H groups in total. The Morgan fingerprint density at radius 1 is 1.00 bits per heavy atom. The SMILES string of the molecule is CC.COCCOCCNC(=O)CCC(=O)N1Cc2ccccc2/C(N(C)N)=C(/N)c2ccccc21. The number of ether oxygens (including phenoxy) is 2. The largest absolute Gasteiger partial charge is 0.396 e. The van der Waals surface area contributed by atoms with Crippen LogP contribution >= 0.6 is 0 Å². The van der Waals surface area contributed by atoms with Gasteiger partial charge in [-0.2, -0.15) is 0 Å². The van der Waals surface area contributed by atoms with Crippen LogP contribution in [-0.4, -0.2) is 57.3 Å². The van der Waals surface area contributed by atoms with Crippen molar-refractivity contribution in [1.29, 1.82) is 0 Å². The van der Waals surface area contributed by atoms with E-state index in [1.807, 2.05) is 62.4 Å². The van der Waals surface area contributed by atoms with Crippen molar-refractivity contribution in [2.45, 2.75) is 33.2 Å². The molecule has 0 fully saturated rings. The molecular weight excluding hydrogens is 458 g/mol. The van der Waals surface area contributed by atoms with Gasteiger partial charge in [0.15, 0.2) is 0 Å². The summed E-state index contributed by atoms with van der Waals surface area (Å²) in [6.45, 7) is 6.09. The summed E-state index contributed by atoms with van der Waals surface area (Å²) < 4.78 is 10.2. The monoisotopic (exact) mass is 497 g/mol. The summed E-state index contributed by atoms with van der Waals surface area (Å²) in [7, 11) is 3.35. The maximum Gasteiger partial charge on any atom is 0.227 e. The number of anilines is 1. The highest BCUT2D eigenvalue weighted by atomic mass is 16.5. The van der Waals surface area contributed by atoms with Crippen molar-refractivity contribution in [3.05, 3.63) is 65.2 Å². The van der Waals surface area contributed by atoms with Gasteiger partial charge in [-0.1, -0.05) is 56.3 Å². The fraction of sp³-hybridized carbons (Fsp3) is 0.407. The van der Waals surface area contributed by atoms with E-state index in [-0.39, 0.29) is 24.7 Å². The van der Waals surface area contributed by atoms with Gasteiger partial charge >= 0.3 is 0 Å². The fourth-order valence-corrected chi connectivity index (χ4v) is 3.91. The van der Waals surface area contributed by atoms with E-state index < -0.39 is 0 Å². The molecule has 9 heteroatoms. The number of carbonyl (C=O) groups is 2. The number of fused-ring (bicyclic) bond motifs is 2. The third-order valence-corrected chi connectivity index (χ3v) is 5.56. The Morgan fingerprint density at radius 3 is 2.36 bits per heavy atom. The van der Waals surface area contributed by atoms with Gasteiger partial charge in [-0.05, 0) is 11.6 Å². The molecular formula is C27H39N5O4. The Kier molecular flexibility index (Phi) is 11.9. The van der Waals surface area contributed by atoms with E-state index in [0.717, 1.165) is 16.7 Å². The summed E-state index contributed by atoms with van der Waals surface area (Å²) in [6.07, 6.45) is 0.152. The van der Waals surface area contributed by atoms with Crippen LogP contribution in [0.1, 0.15) is 43.4 Å². The first-order valence-corrected chi connectivity index (χ1v) is 12.2. The lowest BCUT2D eigenvalue weighted by Gasteiger charge is -2.31. The van der Waals surface area contributed by atoms with Crippen molar-refractivity contribution in [2.75, 3.05) is 45.4 Å². The Hall–Kier alpha value is -3.40. The van der Waals surface area contributed by atoms with E-state index in [2.05, 4.69) is 5.32 Å². The molecule has 1 aliphatic heterocycles. The lowest BCUT2D eigenvalue weighted by atomic mass is 9.95.